The maximum atomic E-state index is 13.1. The molecule has 1 heterocycles. The number of benzene rings is 2. The van der Waals surface area contributed by atoms with Crippen molar-refractivity contribution in [1.82, 2.24) is 5.32 Å². The van der Waals surface area contributed by atoms with Crippen molar-refractivity contribution in [3.8, 4) is 11.5 Å². The zero-order chi connectivity index (χ0) is 23.1. The fraction of sp³-hybridized carbons (Fsp3) is 0.0909. The number of anilines is 1. The molecule has 1 aromatic heterocycles. The Balaban J connectivity index is 1.94. The van der Waals surface area contributed by atoms with E-state index in [4.69, 9.17) is 9.47 Å². The van der Waals surface area contributed by atoms with Crippen LogP contribution in [0.4, 0.5) is 11.4 Å². The Hall–Kier alpha value is -4.18. The first-order valence-electron chi connectivity index (χ1n) is 9.25. The van der Waals surface area contributed by atoms with Crippen LogP contribution in [0.25, 0.3) is 6.08 Å². The summed E-state index contributed by atoms with van der Waals surface area (Å²) in [7, 11) is 2.95. The second-order valence-electron chi connectivity index (χ2n) is 6.36. The molecule has 3 rings (SSSR count). The van der Waals surface area contributed by atoms with Crippen LogP contribution in [0.2, 0.25) is 0 Å². The minimum Gasteiger partial charge on any atom is -0.497 e. The van der Waals surface area contributed by atoms with E-state index in [1.165, 1.54) is 49.8 Å². The molecule has 0 aliphatic rings. The molecule has 0 radical (unpaired) electrons. The summed E-state index contributed by atoms with van der Waals surface area (Å²) in [5.41, 5.74) is 0.493. The van der Waals surface area contributed by atoms with Crippen molar-refractivity contribution in [2.24, 2.45) is 0 Å². The lowest BCUT2D eigenvalue weighted by Gasteiger charge is -2.14. The van der Waals surface area contributed by atoms with Gasteiger partial charge in [-0.3, -0.25) is 19.7 Å². The number of hydrogen-bond acceptors (Lipinski definition) is 7. The van der Waals surface area contributed by atoms with Crippen molar-refractivity contribution in [2.75, 3.05) is 19.5 Å². The van der Waals surface area contributed by atoms with Crippen molar-refractivity contribution >= 4 is 40.6 Å². The van der Waals surface area contributed by atoms with Crippen LogP contribution in [0.1, 0.15) is 15.2 Å². The fourth-order valence-electron chi connectivity index (χ4n) is 2.74. The number of methoxy groups -OCH3 is 2. The molecule has 2 N–H and O–H groups in total. The molecule has 0 saturated heterocycles. The maximum absolute atomic E-state index is 13.1. The molecule has 0 spiro atoms. The molecule has 10 heteroatoms. The fourth-order valence-corrected chi connectivity index (χ4v) is 3.36. The summed E-state index contributed by atoms with van der Waals surface area (Å²) in [6, 6.07) is 13.9. The zero-order valence-corrected chi connectivity index (χ0v) is 18.0. The van der Waals surface area contributed by atoms with Crippen LogP contribution in [0, 0.1) is 10.1 Å². The average Bonchev–Trinajstić information content (AvgIpc) is 3.34. The number of carbonyl (C=O) groups excluding carboxylic acids is 2. The number of non-ortho nitro benzene ring substituents is 1. The molecule has 0 unspecified atom stereocenters. The molecule has 0 fully saturated rings. The highest BCUT2D eigenvalue weighted by molar-refractivity contribution is 7.12. The van der Waals surface area contributed by atoms with Crippen molar-refractivity contribution in [3.05, 3.63) is 86.2 Å². The number of rotatable bonds is 8. The molecule has 32 heavy (non-hydrogen) atoms. The van der Waals surface area contributed by atoms with E-state index in [0.29, 0.717) is 27.6 Å². The molecule has 0 aliphatic carbocycles. The van der Waals surface area contributed by atoms with Gasteiger partial charge < -0.3 is 20.1 Å². The van der Waals surface area contributed by atoms with Crippen molar-refractivity contribution in [2.45, 2.75) is 0 Å². The highest BCUT2D eigenvalue weighted by atomic mass is 32.1. The van der Waals surface area contributed by atoms with Gasteiger partial charge >= 0.3 is 0 Å². The van der Waals surface area contributed by atoms with Gasteiger partial charge in [0.2, 0.25) is 0 Å². The molecule has 0 saturated carbocycles. The number of ether oxygens (including phenoxy) is 2. The van der Waals surface area contributed by atoms with E-state index < -0.39 is 16.7 Å². The van der Waals surface area contributed by atoms with Crippen molar-refractivity contribution in [1.29, 1.82) is 0 Å². The average molecular weight is 453 g/mol. The summed E-state index contributed by atoms with van der Waals surface area (Å²) in [6.45, 7) is 0. The topological polar surface area (TPSA) is 120 Å². The van der Waals surface area contributed by atoms with E-state index in [0.717, 1.165) is 0 Å². The van der Waals surface area contributed by atoms with Crippen molar-refractivity contribution in [3.63, 3.8) is 0 Å². The third kappa shape index (κ3) is 5.49. The standard InChI is InChI=1S/C22H19N3O6S/c1-30-16-8-9-17(19(13-16)31-2)23-21(26)18(24-22(27)20-7-4-10-32-20)12-14-5-3-6-15(11-14)25(28)29/h3-13H,1-2H3,(H,23,26)(H,24,27)/b18-12-. The van der Waals surface area contributed by atoms with Gasteiger partial charge in [-0.25, -0.2) is 0 Å². The lowest BCUT2D eigenvalue weighted by atomic mass is 10.1. The molecule has 3 aromatic rings. The lowest BCUT2D eigenvalue weighted by Crippen LogP contribution is -2.30. The van der Waals surface area contributed by atoms with Gasteiger partial charge in [-0.15, -0.1) is 11.3 Å². The lowest BCUT2D eigenvalue weighted by molar-refractivity contribution is -0.384. The third-order valence-corrected chi connectivity index (χ3v) is 5.16. The summed E-state index contributed by atoms with van der Waals surface area (Å²) < 4.78 is 10.4. The Labute approximate surface area is 187 Å². The van der Waals surface area contributed by atoms with Gasteiger partial charge in [-0.05, 0) is 35.2 Å². The van der Waals surface area contributed by atoms with Crippen molar-refractivity contribution < 1.29 is 24.0 Å². The van der Waals surface area contributed by atoms with Crippen LogP contribution in [-0.2, 0) is 4.79 Å². The smallest absolute Gasteiger partial charge is 0.272 e. The first-order valence-corrected chi connectivity index (χ1v) is 10.1. The summed E-state index contributed by atoms with van der Waals surface area (Å²) in [5.74, 6) is -0.214. The highest BCUT2D eigenvalue weighted by Gasteiger charge is 2.18. The van der Waals surface area contributed by atoms with E-state index in [2.05, 4.69) is 10.6 Å². The molecule has 0 atom stereocenters. The third-order valence-electron chi connectivity index (χ3n) is 4.29. The first-order chi connectivity index (χ1) is 15.4. The van der Waals surface area contributed by atoms with Crippen LogP contribution < -0.4 is 20.1 Å². The van der Waals surface area contributed by atoms with Gasteiger partial charge in [0.05, 0.1) is 29.7 Å². The van der Waals surface area contributed by atoms with E-state index in [-0.39, 0.29) is 11.4 Å². The van der Waals surface area contributed by atoms with Crippen LogP contribution in [0.3, 0.4) is 0 Å². The Morgan fingerprint density at radius 1 is 1.06 bits per heavy atom. The normalized spacial score (nSPS) is 10.9. The number of nitrogens with one attached hydrogen (secondary N) is 2. The minimum absolute atomic E-state index is 0.0956. The molecular weight excluding hydrogens is 434 g/mol. The Morgan fingerprint density at radius 2 is 1.88 bits per heavy atom. The zero-order valence-electron chi connectivity index (χ0n) is 17.2. The van der Waals surface area contributed by atoms with E-state index in [1.807, 2.05) is 0 Å². The summed E-state index contributed by atoms with van der Waals surface area (Å²) >= 11 is 1.22. The van der Waals surface area contributed by atoms with Crippen LogP contribution in [0.15, 0.2) is 65.7 Å². The largest absolute Gasteiger partial charge is 0.497 e. The predicted octanol–water partition coefficient (Wildman–Crippen LogP) is 4.08. The quantitative estimate of drug-likeness (QED) is 0.301. The molecule has 2 aromatic carbocycles. The monoisotopic (exact) mass is 453 g/mol. The van der Waals surface area contributed by atoms with Gasteiger partial charge in [0, 0.05) is 18.2 Å². The number of nitrogens with zero attached hydrogens (tertiary/aromatic N) is 1. The van der Waals surface area contributed by atoms with Crippen LogP contribution >= 0.6 is 11.3 Å². The molecule has 9 nitrogen and oxygen atoms in total. The van der Waals surface area contributed by atoms with Gasteiger partial charge in [-0.1, -0.05) is 18.2 Å². The minimum atomic E-state index is -0.634. The molecule has 164 valence electrons. The summed E-state index contributed by atoms with van der Waals surface area (Å²) in [5, 5.41) is 18.1. The van der Waals surface area contributed by atoms with E-state index in [1.54, 1.807) is 41.8 Å². The number of nitro groups is 1. The Bertz CT molecular complexity index is 1170. The maximum Gasteiger partial charge on any atom is 0.272 e. The van der Waals surface area contributed by atoms with Gasteiger partial charge in [-0.2, -0.15) is 0 Å². The van der Waals surface area contributed by atoms with Gasteiger partial charge in [0.15, 0.2) is 0 Å². The van der Waals surface area contributed by atoms with Gasteiger partial charge in [0.1, 0.15) is 17.2 Å². The van der Waals surface area contributed by atoms with E-state index >= 15 is 0 Å². The molecule has 0 aliphatic heterocycles. The molecular formula is C22H19N3O6S. The Morgan fingerprint density at radius 3 is 2.53 bits per heavy atom. The van der Waals surface area contributed by atoms with Gasteiger partial charge in [0.25, 0.3) is 17.5 Å². The van der Waals surface area contributed by atoms with Crippen LogP contribution in [0.5, 0.6) is 11.5 Å². The van der Waals surface area contributed by atoms with Crippen LogP contribution in [-0.4, -0.2) is 31.0 Å². The number of nitro benzene ring substituents is 1. The SMILES string of the molecule is COc1ccc(NC(=O)/C(=C/c2cccc([N+](=O)[O-])c2)NC(=O)c2cccs2)c(OC)c1. The highest BCUT2D eigenvalue weighted by Crippen LogP contribution is 2.29. The number of carbonyl (C=O) groups is 2. The Kier molecular flexibility index (Phi) is 7.19. The summed E-state index contributed by atoms with van der Waals surface area (Å²) in [6.07, 6.45) is 1.36. The number of thiophene rings is 1. The molecule has 0 bridgehead atoms. The summed E-state index contributed by atoms with van der Waals surface area (Å²) in [4.78, 5) is 36.6. The number of hydrogen-bond donors (Lipinski definition) is 2. The second-order valence-corrected chi connectivity index (χ2v) is 7.31. The number of amides is 2. The molecule has 2 amide bonds. The first kappa shape index (κ1) is 22.5. The predicted molar refractivity (Wildman–Crippen MR) is 121 cm³/mol. The second kappa shape index (κ2) is 10.2. The van der Waals surface area contributed by atoms with E-state index in [9.17, 15) is 19.7 Å².